The molecule has 0 aromatic heterocycles. The highest BCUT2D eigenvalue weighted by atomic mass is 31.2. The molecule has 3 N–H and O–H groups in total. The van der Waals surface area contributed by atoms with Crippen LogP contribution >= 0.6 is 7.82 Å². The zero-order chi connectivity index (χ0) is 41.9. The molecule has 0 amide bonds. The number of aliphatic hydroxyl groups is 2. The minimum Gasteiger partial charge on any atom is -0.462 e. The number of ether oxygens (including phenoxy) is 2. The molecule has 0 saturated heterocycles. The summed E-state index contributed by atoms with van der Waals surface area (Å²) in [6, 6.07) is 0. The van der Waals surface area contributed by atoms with Crippen molar-refractivity contribution >= 4 is 19.8 Å². The standard InChI is InChI=1S/C46H89O10P/c1-3-5-7-9-11-13-15-17-18-19-20-21-22-23-24-26-27-29-31-33-35-37-45(49)53-41-44(42-55-57(51,52)54-40-43(48)39-47)56-46(50)38-36-34-32-30-28-25-16-14-12-10-8-6-4-2/h14,16,43-44,47-48H,3-13,15,17-42H2,1-2H3,(H,51,52)/b16-14-. The normalized spacial score (nSPS) is 13.8. The topological polar surface area (TPSA) is 149 Å². The van der Waals surface area contributed by atoms with E-state index in [9.17, 15) is 24.2 Å². The van der Waals surface area contributed by atoms with Crippen LogP contribution in [-0.2, 0) is 32.7 Å². The Morgan fingerprint density at radius 2 is 0.860 bits per heavy atom. The molecule has 0 fully saturated rings. The summed E-state index contributed by atoms with van der Waals surface area (Å²) in [5.74, 6) is -0.922. The van der Waals surface area contributed by atoms with Gasteiger partial charge in [-0.1, -0.05) is 193 Å². The molecule has 0 aliphatic carbocycles. The van der Waals surface area contributed by atoms with Crippen LogP contribution in [-0.4, -0.2) is 65.7 Å². The van der Waals surface area contributed by atoms with Gasteiger partial charge in [0.25, 0.3) is 0 Å². The summed E-state index contributed by atoms with van der Waals surface area (Å²) >= 11 is 0. The van der Waals surface area contributed by atoms with Gasteiger partial charge in [-0.3, -0.25) is 18.6 Å². The van der Waals surface area contributed by atoms with Gasteiger partial charge in [0.2, 0.25) is 0 Å². The molecule has 3 unspecified atom stereocenters. The molecule has 0 radical (unpaired) electrons. The van der Waals surface area contributed by atoms with Gasteiger partial charge in [0, 0.05) is 12.8 Å². The first-order valence-corrected chi connectivity index (χ1v) is 25.1. The number of phosphoric acid groups is 1. The minimum absolute atomic E-state index is 0.178. The van der Waals surface area contributed by atoms with Crippen molar-refractivity contribution < 1.29 is 47.8 Å². The van der Waals surface area contributed by atoms with Gasteiger partial charge in [-0.05, 0) is 38.5 Å². The number of aliphatic hydroxyl groups excluding tert-OH is 2. The molecule has 0 aromatic rings. The second-order valence-electron chi connectivity index (χ2n) is 16.1. The van der Waals surface area contributed by atoms with Crippen molar-refractivity contribution in [3.05, 3.63) is 12.2 Å². The van der Waals surface area contributed by atoms with Crippen LogP contribution < -0.4 is 0 Å². The molecule has 3 atom stereocenters. The number of carbonyl (C=O) groups is 2. The van der Waals surface area contributed by atoms with Gasteiger partial charge in [0.1, 0.15) is 12.7 Å². The number of phosphoric ester groups is 1. The smallest absolute Gasteiger partial charge is 0.462 e. The van der Waals surface area contributed by atoms with E-state index in [2.05, 4.69) is 26.0 Å². The molecule has 338 valence electrons. The largest absolute Gasteiger partial charge is 0.472 e. The number of allylic oxidation sites excluding steroid dienone is 2. The van der Waals surface area contributed by atoms with Crippen molar-refractivity contribution in [2.45, 2.75) is 244 Å². The van der Waals surface area contributed by atoms with E-state index in [0.717, 1.165) is 57.8 Å². The van der Waals surface area contributed by atoms with Crippen LogP contribution in [0.25, 0.3) is 0 Å². The highest BCUT2D eigenvalue weighted by Crippen LogP contribution is 2.43. The summed E-state index contributed by atoms with van der Waals surface area (Å²) in [6.45, 7) is 2.39. The van der Waals surface area contributed by atoms with Gasteiger partial charge in [0.05, 0.1) is 19.8 Å². The molecule has 0 aliphatic heterocycles. The lowest BCUT2D eigenvalue weighted by Gasteiger charge is -2.20. The molecule has 0 rings (SSSR count). The molecule has 0 heterocycles. The fourth-order valence-corrected chi connectivity index (χ4v) is 7.54. The van der Waals surface area contributed by atoms with Crippen LogP contribution in [0, 0.1) is 0 Å². The molecule has 0 spiro atoms. The molecule has 0 aromatic carbocycles. The maximum absolute atomic E-state index is 12.6. The number of hydrogen-bond acceptors (Lipinski definition) is 9. The lowest BCUT2D eigenvalue weighted by atomic mass is 10.0. The van der Waals surface area contributed by atoms with Crippen LogP contribution in [0.3, 0.4) is 0 Å². The number of esters is 2. The predicted molar refractivity (Wildman–Crippen MR) is 233 cm³/mol. The first kappa shape index (κ1) is 55.7. The van der Waals surface area contributed by atoms with E-state index >= 15 is 0 Å². The first-order chi connectivity index (χ1) is 27.7. The molecular formula is C46H89O10P. The third-order valence-electron chi connectivity index (χ3n) is 10.4. The maximum atomic E-state index is 12.6. The summed E-state index contributed by atoms with van der Waals surface area (Å²) in [7, 11) is -4.61. The van der Waals surface area contributed by atoms with Crippen LogP contribution in [0.4, 0.5) is 0 Å². The summed E-state index contributed by atoms with van der Waals surface area (Å²) in [5.41, 5.74) is 0. The molecular weight excluding hydrogens is 743 g/mol. The monoisotopic (exact) mass is 833 g/mol. The number of unbranched alkanes of at least 4 members (excludes halogenated alkanes) is 29. The van der Waals surface area contributed by atoms with Gasteiger partial charge in [-0.2, -0.15) is 0 Å². The third kappa shape index (κ3) is 42.6. The minimum atomic E-state index is -4.61. The number of carbonyl (C=O) groups excluding carboxylic acids is 2. The van der Waals surface area contributed by atoms with Gasteiger partial charge in [0.15, 0.2) is 6.10 Å². The van der Waals surface area contributed by atoms with Gasteiger partial charge in [-0.15, -0.1) is 0 Å². The van der Waals surface area contributed by atoms with Crippen LogP contribution in [0.1, 0.15) is 232 Å². The Labute approximate surface area is 349 Å². The van der Waals surface area contributed by atoms with E-state index < -0.39 is 51.8 Å². The third-order valence-corrected chi connectivity index (χ3v) is 11.4. The predicted octanol–water partition coefficient (Wildman–Crippen LogP) is 12.8. The van der Waals surface area contributed by atoms with Crippen molar-refractivity contribution in [1.82, 2.24) is 0 Å². The Morgan fingerprint density at radius 1 is 0.509 bits per heavy atom. The lowest BCUT2D eigenvalue weighted by Crippen LogP contribution is -2.29. The molecule has 11 heteroatoms. The van der Waals surface area contributed by atoms with E-state index in [0.29, 0.717) is 12.8 Å². The second-order valence-corrected chi connectivity index (χ2v) is 17.6. The van der Waals surface area contributed by atoms with Crippen LogP contribution in [0.2, 0.25) is 0 Å². The average Bonchev–Trinajstić information content (AvgIpc) is 3.20. The molecule has 0 saturated carbocycles. The van der Waals surface area contributed by atoms with Gasteiger partial charge in [-0.25, -0.2) is 4.57 Å². The van der Waals surface area contributed by atoms with Crippen molar-refractivity contribution in [3.63, 3.8) is 0 Å². The van der Waals surface area contributed by atoms with E-state index in [-0.39, 0.29) is 19.4 Å². The quantitative estimate of drug-likeness (QED) is 0.0234. The van der Waals surface area contributed by atoms with Crippen LogP contribution in [0.15, 0.2) is 12.2 Å². The fourth-order valence-electron chi connectivity index (χ4n) is 6.75. The zero-order valence-corrected chi connectivity index (χ0v) is 37.7. The van der Waals surface area contributed by atoms with Crippen molar-refractivity contribution in [3.8, 4) is 0 Å². The summed E-state index contributed by atoms with van der Waals surface area (Å²) in [6.07, 6.45) is 41.8. The Morgan fingerprint density at radius 3 is 1.28 bits per heavy atom. The maximum Gasteiger partial charge on any atom is 0.472 e. The van der Waals surface area contributed by atoms with E-state index in [4.69, 9.17) is 23.6 Å². The van der Waals surface area contributed by atoms with Gasteiger partial charge < -0.3 is 24.6 Å². The molecule has 10 nitrogen and oxygen atoms in total. The van der Waals surface area contributed by atoms with Crippen molar-refractivity contribution in [2.24, 2.45) is 0 Å². The van der Waals surface area contributed by atoms with Crippen molar-refractivity contribution in [2.75, 3.05) is 26.4 Å². The molecule has 57 heavy (non-hydrogen) atoms. The Bertz CT molecular complexity index is 961. The Hall–Kier alpha value is -1.29. The van der Waals surface area contributed by atoms with Crippen molar-refractivity contribution in [1.29, 1.82) is 0 Å². The van der Waals surface area contributed by atoms with Crippen LogP contribution in [0.5, 0.6) is 0 Å². The Kier molecular flexibility index (Phi) is 41.9. The highest BCUT2D eigenvalue weighted by molar-refractivity contribution is 7.47. The Balaban J connectivity index is 4.15. The molecule has 0 bridgehead atoms. The summed E-state index contributed by atoms with van der Waals surface area (Å²) in [5, 5.41) is 18.3. The van der Waals surface area contributed by atoms with E-state index in [1.54, 1.807) is 0 Å². The number of rotatable bonds is 45. The summed E-state index contributed by atoms with van der Waals surface area (Å²) < 4.78 is 32.8. The molecule has 0 aliphatic rings. The average molecular weight is 833 g/mol. The SMILES string of the molecule is CCCCCC/C=C\CCCCCCCC(=O)OC(COC(=O)CCCCCCCCCCCCCCCCCCCCCCC)COP(=O)(O)OCC(O)CO. The lowest BCUT2D eigenvalue weighted by molar-refractivity contribution is -0.161. The fraction of sp³-hybridized carbons (Fsp3) is 0.913. The number of hydrogen-bond donors (Lipinski definition) is 3. The van der Waals surface area contributed by atoms with E-state index in [1.807, 2.05) is 0 Å². The first-order valence-electron chi connectivity index (χ1n) is 23.6. The second kappa shape index (κ2) is 42.8. The van der Waals surface area contributed by atoms with Gasteiger partial charge >= 0.3 is 19.8 Å². The zero-order valence-electron chi connectivity index (χ0n) is 36.8. The summed E-state index contributed by atoms with van der Waals surface area (Å²) in [4.78, 5) is 35.0. The highest BCUT2D eigenvalue weighted by Gasteiger charge is 2.27. The van der Waals surface area contributed by atoms with E-state index in [1.165, 1.54) is 135 Å².